The molecule has 2 aliphatic rings. The number of nitrogens with zero attached hydrogens (tertiary/aromatic N) is 2. The molecule has 0 atom stereocenters. The van der Waals surface area contributed by atoms with Crippen molar-refractivity contribution in [2.75, 3.05) is 4.90 Å². The molecule has 4 heteroatoms. The Bertz CT molecular complexity index is 3280. The molecule has 0 N–H and O–H groups in total. The van der Waals surface area contributed by atoms with Crippen LogP contribution in [0.3, 0.4) is 0 Å². The van der Waals surface area contributed by atoms with Crippen LogP contribution in [-0.2, 0) is 5.41 Å². The summed E-state index contributed by atoms with van der Waals surface area (Å²) >= 11 is 3.81. The minimum Gasteiger partial charge on any atom is -0.310 e. The van der Waals surface area contributed by atoms with Gasteiger partial charge in [-0.3, -0.25) is 0 Å². The Balaban J connectivity index is 0.921. The summed E-state index contributed by atoms with van der Waals surface area (Å²) in [5.74, 6) is 0. The second-order valence-electron chi connectivity index (χ2n) is 16.2. The van der Waals surface area contributed by atoms with E-state index in [0.717, 1.165) is 17.1 Å². The van der Waals surface area contributed by atoms with Gasteiger partial charge in [0.05, 0.1) is 16.7 Å². The largest absolute Gasteiger partial charge is 0.310 e. The Hall–Kier alpha value is -6.46. The summed E-state index contributed by atoms with van der Waals surface area (Å²) in [7, 11) is 0. The number of fused-ring (bicyclic) bond motifs is 9. The van der Waals surface area contributed by atoms with E-state index in [1.54, 1.807) is 0 Å². The Morgan fingerprint density at radius 3 is 1.76 bits per heavy atom. The maximum Gasteiger partial charge on any atom is 0.0544 e. The number of rotatable bonds is 5. The van der Waals surface area contributed by atoms with E-state index >= 15 is 0 Å². The van der Waals surface area contributed by atoms with Gasteiger partial charge in [-0.2, -0.15) is 0 Å². The first-order valence-corrected chi connectivity index (χ1v) is 21.9. The van der Waals surface area contributed by atoms with Crippen molar-refractivity contribution in [3.05, 3.63) is 205 Å². The minimum atomic E-state index is -0.128. The standard InChI is InChI=1S/C55H38N2S2/c1-55(2)46-33-50-45(31-43(46)44-32-53-54(34-47(44)55)59-52-22-11-10-21-51(52)58-53)42-18-8-9-19-49(42)57(50)40-29-25-36(26-30-40)35-23-27-39(28-24-35)56(38-15-4-3-5-16-38)48-20-12-14-37-13-6-7-17-41(37)48/h3-34H,1-2H3. The molecule has 1 aromatic heterocycles. The van der Waals surface area contributed by atoms with Crippen LogP contribution in [0.15, 0.2) is 214 Å². The van der Waals surface area contributed by atoms with Crippen LogP contribution in [0.4, 0.5) is 17.1 Å². The van der Waals surface area contributed by atoms with Crippen molar-refractivity contribution >= 4 is 73.2 Å². The van der Waals surface area contributed by atoms with Crippen LogP contribution in [0, 0.1) is 0 Å². The Morgan fingerprint density at radius 2 is 1.00 bits per heavy atom. The number of hydrogen-bond donors (Lipinski definition) is 0. The molecule has 10 aromatic rings. The van der Waals surface area contributed by atoms with E-state index in [2.05, 4.69) is 217 Å². The summed E-state index contributed by atoms with van der Waals surface area (Å²) in [6.07, 6.45) is 0. The van der Waals surface area contributed by atoms with Crippen LogP contribution >= 0.6 is 23.5 Å². The third kappa shape index (κ3) is 5.44. The summed E-state index contributed by atoms with van der Waals surface area (Å²) in [6, 6.07) is 71.5. The van der Waals surface area contributed by atoms with Gasteiger partial charge in [-0.1, -0.05) is 147 Å². The highest BCUT2D eigenvalue weighted by atomic mass is 32.2. The van der Waals surface area contributed by atoms with Gasteiger partial charge in [-0.15, -0.1) is 0 Å². The predicted molar refractivity (Wildman–Crippen MR) is 251 cm³/mol. The van der Waals surface area contributed by atoms with E-state index in [1.165, 1.54) is 91.2 Å². The van der Waals surface area contributed by atoms with E-state index in [1.807, 2.05) is 23.5 Å². The zero-order valence-electron chi connectivity index (χ0n) is 32.7. The Labute approximate surface area is 352 Å². The summed E-state index contributed by atoms with van der Waals surface area (Å²) in [5.41, 5.74) is 14.9. The highest BCUT2D eigenvalue weighted by molar-refractivity contribution is 8.05. The van der Waals surface area contributed by atoms with E-state index in [9.17, 15) is 0 Å². The van der Waals surface area contributed by atoms with Crippen LogP contribution in [-0.4, -0.2) is 4.57 Å². The molecule has 1 aliphatic carbocycles. The lowest BCUT2D eigenvalue weighted by molar-refractivity contribution is 0.658. The van der Waals surface area contributed by atoms with Crippen LogP contribution in [0.2, 0.25) is 0 Å². The van der Waals surface area contributed by atoms with Gasteiger partial charge in [0.15, 0.2) is 0 Å². The molecule has 0 fully saturated rings. The Morgan fingerprint density at radius 1 is 0.424 bits per heavy atom. The fraction of sp³-hybridized carbons (Fsp3) is 0.0545. The fourth-order valence-corrected chi connectivity index (χ4v) is 11.8. The molecular weight excluding hydrogens is 753 g/mol. The third-order valence-corrected chi connectivity index (χ3v) is 15.0. The summed E-state index contributed by atoms with van der Waals surface area (Å²) in [6.45, 7) is 4.80. The van der Waals surface area contributed by atoms with E-state index < -0.39 is 0 Å². The zero-order valence-corrected chi connectivity index (χ0v) is 34.3. The Kier molecular flexibility index (Phi) is 7.78. The average Bonchev–Trinajstić information content (AvgIpc) is 3.72. The third-order valence-electron chi connectivity index (χ3n) is 12.4. The highest BCUT2D eigenvalue weighted by Crippen LogP contribution is 2.56. The lowest BCUT2D eigenvalue weighted by Crippen LogP contribution is -2.15. The molecule has 0 saturated heterocycles. The van der Waals surface area contributed by atoms with Crippen molar-refractivity contribution in [3.63, 3.8) is 0 Å². The molecule has 0 bridgehead atoms. The van der Waals surface area contributed by atoms with Crippen molar-refractivity contribution in [1.29, 1.82) is 0 Å². The molecule has 0 radical (unpaired) electrons. The second-order valence-corrected chi connectivity index (χ2v) is 18.3. The van der Waals surface area contributed by atoms with Gasteiger partial charge in [0, 0.05) is 58.2 Å². The summed E-state index contributed by atoms with van der Waals surface area (Å²) < 4.78 is 2.46. The maximum atomic E-state index is 2.49. The molecule has 0 unspecified atom stereocenters. The number of anilines is 3. The van der Waals surface area contributed by atoms with Crippen molar-refractivity contribution < 1.29 is 0 Å². The number of hydrogen-bond acceptors (Lipinski definition) is 3. The fourth-order valence-electron chi connectivity index (χ4n) is 9.51. The molecule has 0 spiro atoms. The van der Waals surface area contributed by atoms with Gasteiger partial charge in [0.25, 0.3) is 0 Å². The SMILES string of the molecule is CC1(C)c2cc3c(cc2-c2cc4c5ccccc5n(-c5ccc(-c6ccc(N(c7ccccc7)c7cccc8ccccc78)cc6)cc5)c4cc21)Sc1ccccc1S3. The molecular formula is C55H38N2S2. The minimum absolute atomic E-state index is 0.128. The molecule has 0 amide bonds. The van der Waals surface area contributed by atoms with Crippen LogP contribution in [0.25, 0.3) is 60.5 Å². The molecule has 9 aromatic carbocycles. The second kappa shape index (κ2) is 13.3. The summed E-state index contributed by atoms with van der Waals surface area (Å²) in [5, 5.41) is 5.03. The number of para-hydroxylation sites is 2. The zero-order chi connectivity index (χ0) is 39.2. The monoisotopic (exact) mass is 790 g/mol. The molecule has 1 aliphatic heterocycles. The van der Waals surface area contributed by atoms with Gasteiger partial charge in [0.2, 0.25) is 0 Å². The predicted octanol–water partition coefficient (Wildman–Crippen LogP) is 16.0. The van der Waals surface area contributed by atoms with Crippen LogP contribution in [0.5, 0.6) is 0 Å². The van der Waals surface area contributed by atoms with E-state index in [-0.39, 0.29) is 5.41 Å². The van der Waals surface area contributed by atoms with Crippen molar-refractivity contribution in [2.45, 2.75) is 38.8 Å². The maximum absolute atomic E-state index is 2.49. The quantitative estimate of drug-likeness (QED) is 0.172. The van der Waals surface area contributed by atoms with Gasteiger partial charge in [-0.25, -0.2) is 0 Å². The topological polar surface area (TPSA) is 8.17 Å². The lowest BCUT2D eigenvalue weighted by atomic mass is 9.82. The van der Waals surface area contributed by atoms with Gasteiger partial charge in [-0.05, 0) is 124 Å². The van der Waals surface area contributed by atoms with Gasteiger partial charge >= 0.3 is 0 Å². The molecule has 0 saturated carbocycles. The van der Waals surface area contributed by atoms with Gasteiger partial charge < -0.3 is 9.47 Å². The first-order valence-electron chi connectivity index (χ1n) is 20.2. The number of aromatic nitrogens is 1. The first kappa shape index (κ1) is 34.6. The molecule has 12 rings (SSSR count). The van der Waals surface area contributed by atoms with Crippen LogP contribution in [0.1, 0.15) is 25.0 Å². The number of benzene rings is 9. The van der Waals surface area contributed by atoms with Crippen molar-refractivity contribution in [3.8, 4) is 27.9 Å². The van der Waals surface area contributed by atoms with Crippen molar-refractivity contribution in [1.82, 2.24) is 4.57 Å². The van der Waals surface area contributed by atoms with E-state index in [4.69, 9.17) is 0 Å². The van der Waals surface area contributed by atoms with Crippen LogP contribution < -0.4 is 4.90 Å². The molecule has 2 heterocycles. The first-order chi connectivity index (χ1) is 29.0. The molecule has 280 valence electrons. The smallest absolute Gasteiger partial charge is 0.0544 e. The van der Waals surface area contributed by atoms with E-state index in [0.29, 0.717) is 0 Å². The highest BCUT2D eigenvalue weighted by Gasteiger charge is 2.38. The molecule has 59 heavy (non-hydrogen) atoms. The van der Waals surface area contributed by atoms with Gasteiger partial charge in [0.1, 0.15) is 0 Å². The molecule has 2 nitrogen and oxygen atoms in total. The average molecular weight is 791 g/mol. The summed E-state index contributed by atoms with van der Waals surface area (Å²) in [4.78, 5) is 7.77. The van der Waals surface area contributed by atoms with Crippen molar-refractivity contribution in [2.24, 2.45) is 0 Å². The normalized spacial score (nSPS) is 13.6. The lowest BCUT2D eigenvalue weighted by Gasteiger charge is -2.27.